The van der Waals surface area contributed by atoms with Crippen molar-refractivity contribution in [2.75, 3.05) is 24.3 Å². The molecule has 4 rings (SSSR count). The predicted molar refractivity (Wildman–Crippen MR) is 135 cm³/mol. The van der Waals surface area contributed by atoms with E-state index in [0.29, 0.717) is 48.8 Å². The predicted octanol–water partition coefficient (Wildman–Crippen LogP) is 3.78. The summed E-state index contributed by atoms with van der Waals surface area (Å²) in [5.74, 6) is 5.94. The van der Waals surface area contributed by atoms with Gasteiger partial charge in [0, 0.05) is 30.4 Å². The minimum atomic E-state index is -0.483. The third-order valence-electron chi connectivity index (χ3n) is 5.92. The molecular formula is C24H26N6O2S. The van der Waals surface area contributed by atoms with Crippen molar-refractivity contribution in [1.82, 2.24) is 5.43 Å². The number of hydrogen-bond acceptors (Lipinski definition) is 7. The van der Waals surface area contributed by atoms with Gasteiger partial charge in [0.1, 0.15) is 0 Å². The standard InChI is InChI=1S/C24H26N6O2S/c1-27-30-23(29-26)24(10-12-32-13-11-24)18-7-4-16(5-8-18)22(31)28-20-15-17(6-9-19(20)25)21-3-2-14-33-21/h2-9,14-15H,1,10-13,25-26H2,(H,28,31)(H,29,30). The summed E-state index contributed by atoms with van der Waals surface area (Å²) in [4.78, 5) is 14.1. The van der Waals surface area contributed by atoms with Gasteiger partial charge in [0.25, 0.3) is 5.91 Å². The third kappa shape index (κ3) is 4.59. The van der Waals surface area contributed by atoms with Gasteiger partial charge in [-0.3, -0.25) is 10.2 Å². The summed E-state index contributed by atoms with van der Waals surface area (Å²) in [5.41, 5.74) is 12.0. The second-order valence-corrected chi connectivity index (χ2v) is 8.70. The van der Waals surface area contributed by atoms with Gasteiger partial charge in [-0.2, -0.15) is 10.2 Å². The molecule has 0 aliphatic carbocycles. The van der Waals surface area contributed by atoms with Crippen LogP contribution in [-0.4, -0.2) is 31.7 Å². The SMILES string of the molecule is C=NNC(=NN)C1(c2ccc(C(=O)Nc3cc(-c4cccs4)ccc3N)cc2)CCOCC1. The maximum atomic E-state index is 13.0. The largest absolute Gasteiger partial charge is 0.397 e. The van der Waals surface area contributed by atoms with Crippen LogP contribution in [0.1, 0.15) is 28.8 Å². The topological polar surface area (TPSA) is 127 Å². The van der Waals surface area contributed by atoms with Crippen molar-refractivity contribution in [3.8, 4) is 10.4 Å². The van der Waals surface area contributed by atoms with Crippen molar-refractivity contribution >= 4 is 41.2 Å². The second kappa shape index (κ2) is 9.85. The minimum absolute atomic E-state index is 0.240. The van der Waals surface area contributed by atoms with Crippen LogP contribution >= 0.6 is 11.3 Å². The Balaban J connectivity index is 1.57. The molecule has 0 radical (unpaired) electrons. The van der Waals surface area contributed by atoms with E-state index in [1.54, 1.807) is 29.5 Å². The van der Waals surface area contributed by atoms with E-state index in [2.05, 4.69) is 27.7 Å². The highest BCUT2D eigenvalue weighted by Crippen LogP contribution is 2.36. The van der Waals surface area contributed by atoms with Gasteiger partial charge < -0.3 is 21.6 Å². The maximum Gasteiger partial charge on any atom is 0.255 e. The van der Waals surface area contributed by atoms with Gasteiger partial charge in [0.15, 0.2) is 5.84 Å². The molecule has 1 fully saturated rings. The van der Waals surface area contributed by atoms with Gasteiger partial charge in [-0.15, -0.1) is 11.3 Å². The van der Waals surface area contributed by atoms with Crippen LogP contribution < -0.4 is 22.3 Å². The van der Waals surface area contributed by atoms with Crippen LogP contribution in [0.2, 0.25) is 0 Å². The summed E-state index contributed by atoms with van der Waals surface area (Å²) in [5, 5.41) is 12.6. The first kappa shape index (κ1) is 22.5. The number of amides is 1. The molecule has 1 aliphatic rings. The fourth-order valence-electron chi connectivity index (χ4n) is 4.11. The Bertz CT molecular complexity index is 1150. The Hall–Kier alpha value is -3.69. The zero-order valence-corrected chi connectivity index (χ0v) is 18.9. The van der Waals surface area contributed by atoms with E-state index in [4.69, 9.17) is 16.3 Å². The number of hydrogen-bond donors (Lipinski definition) is 4. The summed E-state index contributed by atoms with van der Waals surface area (Å²) in [6.45, 7) is 4.62. The lowest BCUT2D eigenvalue weighted by Gasteiger charge is -2.37. The fraction of sp³-hybridized carbons (Fsp3) is 0.208. The number of nitrogen functional groups attached to an aromatic ring is 1. The Morgan fingerprint density at radius 3 is 2.52 bits per heavy atom. The van der Waals surface area contributed by atoms with E-state index < -0.39 is 5.41 Å². The summed E-state index contributed by atoms with van der Waals surface area (Å²) < 4.78 is 5.55. The molecule has 0 spiro atoms. The highest BCUT2D eigenvalue weighted by Gasteiger charge is 2.40. The highest BCUT2D eigenvalue weighted by atomic mass is 32.1. The number of hydrazone groups is 2. The van der Waals surface area contributed by atoms with Gasteiger partial charge in [-0.05, 0) is 59.7 Å². The number of anilines is 2. The molecule has 33 heavy (non-hydrogen) atoms. The fourth-order valence-corrected chi connectivity index (χ4v) is 4.84. The van der Waals surface area contributed by atoms with Crippen molar-refractivity contribution < 1.29 is 9.53 Å². The molecule has 0 unspecified atom stereocenters. The lowest BCUT2D eigenvalue weighted by atomic mass is 9.73. The average molecular weight is 463 g/mol. The Labute approximate surface area is 196 Å². The highest BCUT2D eigenvalue weighted by molar-refractivity contribution is 7.13. The average Bonchev–Trinajstić information content (AvgIpc) is 3.39. The Morgan fingerprint density at radius 1 is 1.12 bits per heavy atom. The number of rotatable bonds is 6. The first-order valence-electron chi connectivity index (χ1n) is 10.5. The molecule has 1 aliphatic heterocycles. The second-order valence-electron chi connectivity index (χ2n) is 7.75. The molecule has 1 amide bonds. The van der Waals surface area contributed by atoms with Gasteiger partial charge in [-0.1, -0.05) is 24.3 Å². The number of nitrogens with two attached hydrogens (primary N) is 2. The van der Waals surface area contributed by atoms with E-state index in [-0.39, 0.29) is 5.91 Å². The van der Waals surface area contributed by atoms with Crippen LogP contribution in [0.5, 0.6) is 0 Å². The normalized spacial score (nSPS) is 15.6. The van der Waals surface area contributed by atoms with Crippen molar-refractivity contribution in [3.05, 3.63) is 71.1 Å². The maximum absolute atomic E-state index is 13.0. The van der Waals surface area contributed by atoms with E-state index >= 15 is 0 Å². The third-order valence-corrected chi connectivity index (χ3v) is 6.84. The molecule has 1 aromatic heterocycles. The molecule has 8 nitrogen and oxygen atoms in total. The smallest absolute Gasteiger partial charge is 0.255 e. The molecule has 0 atom stereocenters. The number of thiophene rings is 1. The zero-order chi connectivity index (χ0) is 23.3. The first-order valence-corrected chi connectivity index (χ1v) is 11.4. The number of carbonyl (C=O) groups excluding carboxylic acids is 1. The Kier molecular flexibility index (Phi) is 6.71. The van der Waals surface area contributed by atoms with Crippen molar-refractivity contribution in [1.29, 1.82) is 0 Å². The zero-order valence-electron chi connectivity index (χ0n) is 18.1. The van der Waals surface area contributed by atoms with Gasteiger partial charge in [0.2, 0.25) is 0 Å². The monoisotopic (exact) mass is 462 g/mol. The van der Waals surface area contributed by atoms with Crippen LogP contribution in [0.4, 0.5) is 11.4 Å². The molecule has 2 heterocycles. The van der Waals surface area contributed by atoms with Crippen molar-refractivity contribution in [3.63, 3.8) is 0 Å². The van der Waals surface area contributed by atoms with Gasteiger partial charge in [-0.25, -0.2) is 0 Å². The van der Waals surface area contributed by atoms with Crippen molar-refractivity contribution in [2.45, 2.75) is 18.3 Å². The molecule has 2 aromatic carbocycles. The number of carbonyl (C=O) groups is 1. The Morgan fingerprint density at radius 2 is 1.88 bits per heavy atom. The van der Waals surface area contributed by atoms with Crippen LogP contribution in [0.25, 0.3) is 10.4 Å². The van der Waals surface area contributed by atoms with Gasteiger partial charge in [0.05, 0.1) is 16.8 Å². The first-order chi connectivity index (χ1) is 16.1. The van der Waals surface area contributed by atoms with Crippen LogP contribution in [0.15, 0.2) is 70.2 Å². The molecule has 0 saturated carbocycles. The molecule has 3 aromatic rings. The molecule has 9 heteroatoms. The number of nitrogens with zero attached hydrogens (tertiary/aromatic N) is 2. The molecule has 170 valence electrons. The lowest BCUT2D eigenvalue weighted by molar-refractivity contribution is 0.0698. The van der Waals surface area contributed by atoms with Crippen LogP contribution in [0.3, 0.4) is 0 Å². The molecule has 6 N–H and O–H groups in total. The number of nitrogens with one attached hydrogen (secondary N) is 2. The van der Waals surface area contributed by atoms with E-state index in [1.165, 1.54) is 0 Å². The summed E-state index contributed by atoms with van der Waals surface area (Å²) in [6.07, 6.45) is 1.37. The summed E-state index contributed by atoms with van der Waals surface area (Å²) in [7, 11) is 0. The summed E-state index contributed by atoms with van der Waals surface area (Å²) >= 11 is 1.63. The van der Waals surface area contributed by atoms with Crippen LogP contribution in [-0.2, 0) is 10.2 Å². The summed E-state index contributed by atoms with van der Waals surface area (Å²) in [6, 6.07) is 17.1. The molecular weight excluding hydrogens is 436 g/mol. The quantitative estimate of drug-likeness (QED) is 0.146. The number of benzene rings is 2. The number of ether oxygens (including phenoxy) is 1. The lowest BCUT2D eigenvalue weighted by Crippen LogP contribution is -2.47. The minimum Gasteiger partial charge on any atom is -0.397 e. The van der Waals surface area contributed by atoms with Crippen LogP contribution in [0, 0.1) is 0 Å². The van der Waals surface area contributed by atoms with E-state index in [9.17, 15) is 4.79 Å². The van der Waals surface area contributed by atoms with Crippen molar-refractivity contribution in [2.24, 2.45) is 16.0 Å². The number of amidine groups is 1. The molecule has 1 saturated heterocycles. The van der Waals surface area contributed by atoms with E-state index in [1.807, 2.05) is 41.8 Å². The molecule has 0 bridgehead atoms. The van der Waals surface area contributed by atoms with Gasteiger partial charge >= 0.3 is 0 Å². The van der Waals surface area contributed by atoms with E-state index in [0.717, 1.165) is 16.0 Å².